The van der Waals surface area contributed by atoms with E-state index in [1.165, 1.54) is 70.4 Å². The van der Waals surface area contributed by atoms with Crippen LogP contribution in [0.15, 0.2) is 18.3 Å². The predicted octanol–water partition coefficient (Wildman–Crippen LogP) is 6.83. The van der Waals surface area contributed by atoms with Crippen LogP contribution in [0.1, 0.15) is 84.0 Å². The van der Waals surface area contributed by atoms with Gasteiger partial charge in [-0.25, -0.2) is 4.98 Å². The molecule has 1 aromatic rings. The van der Waals surface area contributed by atoms with E-state index < -0.39 is 0 Å². The number of pyridine rings is 1. The van der Waals surface area contributed by atoms with Crippen molar-refractivity contribution in [2.75, 3.05) is 0 Å². The zero-order valence-corrected chi connectivity index (χ0v) is 17.4. The number of unbranched alkanes of at least 4 members (excludes halogenated alkanes) is 2. The van der Waals surface area contributed by atoms with Gasteiger partial charge in [-0.2, -0.15) is 0 Å². The average Bonchev–Trinajstić information content (AvgIpc) is 2.70. The zero-order valence-electron chi connectivity index (χ0n) is 16.7. The van der Waals surface area contributed by atoms with Crippen molar-refractivity contribution >= 4 is 17.6 Å². The van der Waals surface area contributed by atoms with Gasteiger partial charge in [0.2, 0.25) is 0 Å². The molecular weight excluding hydrogens is 358 g/mol. The minimum absolute atomic E-state index is 0.0438. The Balaban J connectivity index is 1.37. The topological polar surface area (TPSA) is 39.2 Å². The third-order valence-electron chi connectivity index (χ3n) is 6.80. The van der Waals surface area contributed by atoms with Crippen LogP contribution in [0.4, 0.5) is 0 Å². The van der Waals surface area contributed by atoms with Crippen molar-refractivity contribution in [3.63, 3.8) is 0 Å². The second-order valence-corrected chi connectivity index (χ2v) is 9.01. The molecule has 1 heterocycles. The largest absolute Gasteiger partial charge is 0.425 e. The molecule has 2 saturated carbocycles. The first kappa shape index (κ1) is 20.6. The maximum atomic E-state index is 12.4. The van der Waals surface area contributed by atoms with Crippen molar-refractivity contribution in [3.05, 3.63) is 23.5 Å². The fraction of sp³-hybridized carbons (Fsp3) is 0.739. The lowest BCUT2D eigenvalue weighted by Crippen LogP contribution is -2.30. The van der Waals surface area contributed by atoms with Crippen LogP contribution in [-0.2, 0) is 4.79 Å². The van der Waals surface area contributed by atoms with Crippen LogP contribution in [0.25, 0.3) is 0 Å². The standard InChI is InChI=1S/C23H34ClNO2/c1-2-3-4-5-17-6-8-18(9-7-17)19-10-12-20(13-11-19)23(26)27-21-14-15-22(24)25-16-21/h14-20H,2-13H2,1H3/t17-,18-,19?,20?. The van der Waals surface area contributed by atoms with E-state index in [0.717, 1.165) is 30.6 Å². The molecule has 0 amide bonds. The molecule has 150 valence electrons. The number of nitrogens with zero attached hydrogens (tertiary/aromatic N) is 1. The highest BCUT2D eigenvalue weighted by molar-refractivity contribution is 6.29. The van der Waals surface area contributed by atoms with E-state index in [1.54, 1.807) is 12.1 Å². The molecule has 1 aromatic heterocycles. The van der Waals surface area contributed by atoms with Gasteiger partial charge < -0.3 is 4.74 Å². The Morgan fingerprint density at radius 2 is 1.70 bits per heavy atom. The molecule has 0 unspecified atom stereocenters. The number of hydrogen-bond donors (Lipinski definition) is 0. The normalized spacial score (nSPS) is 28.7. The van der Waals surface area contributed by atoms with Gasteiger partial charge in [0.1, 0.15) is 10.9 Å². The lowest BCUT2D eigenvalue weighted by Gasteiger charge is -2.37. The summed E-state index contributed by atoms with van der Waals surface area (Å²) in [5.41, 5.74) is 0. The number of halogens is 1. The first-order valence-electron chi connectivity index (χ1n) is 11.0. The van der Waals surface area contributed by atoms with E-state index in [-0.39, 0.29) is 11.9 Å². The van der Waals surface area contributed by atoms with E-state index >= 15 is 0 Å². The van der Waals surface area contributed by atoms with Crippen LogP contribution in [0.2, 0.25) is 5.15 Å². The molecule has 0 aliphatic heterocycles. The highest BCUT2D eigenvalue weighted by Crippen LogP contribution is 2.42. The van der Waals surface area contributed by atoms with Crippen LogP contribution in [-0.4, -0.2) is 11.0 Å². The number of ether oxygens (including phenoxy) is 1. The third kappa shape index (κ3) is 6.20. The molecule has 0 N–H and O–H groups in total. The molecule has 0 saturated heterocycles. The summed E-state index contributed by atoms with van der Waals surface area (Å²) in [4.78, 5) is 16.4. The summed E-state index contributed by atoms with van der Waals surface area (Å²) >= 11 is 5.78. The maximum Gasteiger partial charge on any atom is 0.314 e. The number of rotatable bonds is 7. The van der Waals surface area contributed by atoms with Gasteiger partial charge in [0.05, 0.1) is 12.1 Å². The summed E-state index contributed by atoms with van der Waals surface area (Å²) in [6.45, 7) is 2.29. The Kier molecular flexibility index (Phi) is 7.99. The second kappa shape index (κ2) is 10.5. The SMILES string of the molecule is CCCCC[C@H]1CC[C@H](C2CCC(C(=O)Oc3ccc(Cl)nc3)CC2)CC1. The van der Waals surface area contributed by atoms with Gasteiger partial charge in [-0.05, 0) is 68.4 Å². The summed E-state index contributed by atoms with van der Waals surface area (Å²) in [5.74, 6) is 3.13. The first-order valence-corrected chi connectivity index (χ1v) is 11.4. The number of aromatic nitrogens is 1. The lowest BCUT2D eigenvalue weighted by atomic mass is 9.68. The summed E-state index contributed by atoms with van der Waals surface area (Å²) in [5, 5.41) is 0.412. The minimum Gasteiger partial charge on any atom is -0.425 e. The molecule has 2 fully saturated rings. The molecule has 27 heavy (non-hydrogen) atoms. The Hall–Kier alpha value is -1.09. The van der Waals surface area contributed by atoms with Gasteiger partial charge in [0.15, 0.2) is 0 Å². The lowest BCUT2D eigenvalue weighted by molar-refractivity contribution is -0.140. The molecule has 0 radical (unpaired) electrons. The summed E-state index contributed by atoms with van der Waals surface area (Å²) in [7, 11) is 0. The molecule has 3 rings (SSSR count). The Morgan fingerprint density at radius 1 is 1.04 bits per heavy atom. The van der Waals surface area contributed by atoms with Crippen LogP contribution < -0.4 is 4.74 Å². The highest BCUT2D eigenvalue weighted by Gasteiger charge is 2.33. The quantitative estimate of drug-likeness (QED) is 0.290. The van der Waals surface area contributed by atoms with E-state index in [2.05, 4.69) is 11.9 Å². The maximum absolute atomic E-state index is 12.4. The van der Waals surface area contributed by atoms with Gasteiger partial charge in [-0.3, -0.25) is 4.79 Å². The molecule has 2 aliphatic rings. The number of carbonyl (C=O) groups is 1. The van der Waals surface area contributed by atoms with Crippen molar-refractivity contribution in [1.82, 2.24) is 4.98 Å². The van der Waals surface area contributed by atoms with E-state index in [0.29, 0.717) is 10.9 Å². The van der Waals surface area contributed by atoms with Gasteiger partial charge in [-0.15, -0.1) is 0 Å². The van der Waals surface area contributed by atoms with Crippen LogP contribution in [0.5, 0.6) is 5.75 Å². The Labute approximate surface area is 169 Å². The highest BCUT2D eigenvalue weighted by atomic mass is 35.5. The molecule has 3 nitrogen and oxygen atoms in total. The van der Waals surface area contributed by atoms with Crippen molar-refractivity contribution in [2.24, 2.45) is 23.7 Å². The molecule has 0 spiro atoms. The van der Waals surface area contributed by atoms with Gasteiger partial charge in [-0.1, -0.05) is 57.0 Å². The van der Waals surface area contributed by atoms with Gasteiger partial charge >= 0.3 is 5.97 Å². The second-order valence-electron chi connectivity index (χ2n) is 8.63. The number of esters is 1. The molecule has 0 atom stereocenters. The zero-order chi connectivity index (χ0) is 19.1. The third-order valence-corrected chi connectivity index (χ3v) is 7.02. The van der Waals surface area contributed by atoms with Crippen molar-refractivity contribution in [1.29, 1.82) is 0 Å². The van der Waals surface area contributed by atoms with Crippen LogP contribution in [0, 0.1) is 23.7 Å². The molecular formula is C23H34ClNO2. The molecule has 4 heteroatoms. The van der Waals surface area contributed by atoms with E-state index in [1.807, 2.05) is 0 Å². The Morgan fingerprint density at radius 3 is 2.30 bits per heavy atom. The number of carbonyl (C=O) groups excluding carboxylic acids is 1. The predicted molar refractivity (Wildman–Crippen MR) is 110 cm³/mol. The molecule has 2 aliphatic carbocycles. The van der Waals surface area contributed by atoms with Crippen molar-refractivity contribution in [2.45, 2.75) is 84.0 Å². The summed E-state index contributed by atoms with van der Waals surface area (Å²) in [6.07, 6.45) is 17.1. The first-order chi connectivity index (χ1) is 13.2. The fourth-order valence-electron chi connectivity index (χ4n) is 5.08. The van der Waals surface area contributed by atoms with E-state index in [9.17, 15) is 4.79 Å². The Bertz CT molecular complexity index is 573. The summed E-state index contributed by atoms with van der Waals surface area (Å²) < 4.78 is 5.49. The van der Waals surface area contributed by atoms with Gasteiger partial charge in [0.25, 0.3) is 0 Å². The monoisotopic (exact) mass is 391 g/mol. The number of hydrogen-bond acceptors (Lipinski definition) is 3. The van der Waals surface area contributed by atoms with Crippen LogP contribution in [0.3, 0.4) is 0 Å². The molecule has 0 aromatic carbocycles. The van der Waals surface area contributed by atoms with E-state index in [4.69, 9.17) is 16.3 Å². The average molecular weight is 392 g/mol. The smallest absolute Gasteiger partial charge is 0.314 e. The summed E-state index contributed by atoms with van der Waals surface area (Å²) in [6, 6.07) is 3.36. The van der Waals surface area contributed by atoms with Crippen LogP contribution >= 0.6 is 11.6 Å². The van der Waals surface area contributed by atoms with Crippen molar-refractivity contribution < 1.29 is 9.53 Å². The minimum atomic E-state index is -0.0998. The van der Waals surface area contributed by atoms with Gasteiger partial charge in [0, 0.05) is 0 Å². The fourth-order valence-corrected chi connectivity index (χ4v) is 5.19. The molecule has 0 bridgehead atoms. The van der Waals surface area contributed by atoms with Crippen molar-refractivity contribution in [3.8, 4) is 5.75 Å².